The third-order valence-corrected chi connectivity index (χ3v) is 3.91. The lowest BCUT2D eigenvalue weighted by Gasteiger charge is -2.09. The van der Waals surface area contributed by atoms with Gasteiger partial charge in [0.15, 0.2) is 0 Å². The molecule has 0 aliphatic rings. The van der Waals surface area contributed by atoms with Crippen molar-refractivity contribution < 1.29 is 14.0 Å². The molecule has 0 aromatic heterocycles. The Hall–Kier alpha value is -1.82. The summed E-state index contributed by atoms with van der Waals surface area (Å²) in [5.41, 5.74) is 0.427. The van der Waals surface area contributed by atoms with E-state index in [2.05, 4.69) is 10.6 Å². The Kier molecular flexibility index (Phi) is 6.43. The standard InChI is InChI=1S/C16H12Cl3FN2O2/c17-10-3-1-9(2-4-10)15(23)21-5-6-22-16(24)11-7-14(20)13(19)8-12(11)18/h1-4,7-8H,5-6H2,(H,21,23)(H,22,24). The van der Waals surface area contributed by atoms with E-state index in [0.29, 0.717) is 10.6 Å². The number of carbonyl (C=O) groups is 2. The number of carbonyl (C=O) groups excluding carboxylic acids is 2. The van der Waals surface area contributed by atoms with Crippen LogP contribution in [0.2, 0.25) is 15.1 Å². The van der Waals surface area contributed by atoms with E-state index < -0.39 is 11.7 Å². The van der Waals surface area contributed by atoms with Gasteiger partial charge < -0.3 is 10.6 Å². The van der Waals surface area contributed by atoms with Crippen molar-refractivity contribution in [1.82, 2.24) is 10.6 Å². The van der Waals surface area contributed by atoms with Crippen LogP contribution in [0.4, 0.5) is 4.39 Å². The third kappa shape index (κ3) is 4.84. The molecule has 126 valence electrons. The third-order valence-electron chi connectivity index (χ3n) is 3.06. The summed E-state index contributed by atoms with van der Waals surface area (Å²) in [6.07, 6.45) is 0. The average Bonchev–Trinajstić information content (AvgIpc) is 2.55. The van der Waals surface area contributed by atoms with Gasteiger partial charge in [-0.15, -0.1) is 0 Å². The summed E-state index contributed by atoms with van der Waals surface area (Å²) in [5, 5.41) is 5.59. The molecule has 0 radical (unpaired) electrons. The number of nitrogens with one attached hydrogen (secondary N) is 2. The summed E-state index contributed by atoms with van der Waals surface area (Å²) in [6, 6.07) is 8.52. The Balaban J connectivity index is 1.84. The van der Waals surface area contributed by atoms with E-state index in [-0.39, 0.29) is 34.6 Å². The number of rotatable bonds is 5. The molecule has 0 aliphatic heterocycles. The molecule has 0 atom stereocenters. The van der Waals surface area contributed by atoms with Crippen LogP contribution >= 0.6 is 34.8 Å². The maximum atomic E-state index is 13.4. The van der Waals surface area contributed by atoms with Crippen LogP contribution < -0.4 is 10.6 Å². The van der Waals surface area contributed by atoms with Crippen molar-refractivity contribution >= 4 is 46.6 Å². The highest BCUT2D eigenvalue weighted by atomic mass is 35.5. The summed E-state index contributed by atoms with van der Waals surface area (Å²) >= 11 is 17.2. The van der Waals surface area contributed by atoms with E-state index in [1.165, 1.54) is 0 Å². The minimum Gasteiger partial charge on any atom is -0.350 e. The number of benzene rings is 2. The second-order valence-corrected chi connectivity index (χ2v) is 6.02. The van der Waals surface area contributed by atoms with Crippen molar-refractivity contribution in [3.05, 3.63) is 68.4 Å². The Bertz CT molecular complexity index is 767. The van der Waals surface area contributed by atoms with Crippen molar-refractivity contribution in [3.8, 4) is 0 Å². The number of amides is 2. The van der Waals surface area contributed by atoms with Gasteiger partial charge in [0, 0.05) is 23.7 Å². The summed E-state index contributed by atoms with van der Waals surface area (Å²) < 4.78 is 13.4. The number of halogens is 4. The molecule has 2 aromatic carbocycles. The minimum atomic E-state index is -0.734. The SMILES string of the molecule is O=C(NCCNC(=O)c1cc(F)c(Cl)cc1Cl)c1ccc(Cl)cc1. The molecule has 8 heteroatoms. The lowest BCUT2D eigenvalue weighted by Crippen LogP contribution is -2.34. The lowest BCUT2D eigenvalue weighted by atomic mass is 10.2. The molecule has 0 aliphatic carbocycles. The smallest absolute Gasteiger partial charge is 0.252 e. The molecule has 2 amide bonds. The molecule has 4 nitrogen and oxygen atoms in total. The molecule has 2 rings (SSSR count). The molecule has 0 saturated carbocycles. The van der Waals surface area contributed by atoms with Gasteiger partial charge in [0.2, 0.25) is 0 Å². The molecule has 2 aromatic rings. The normalized spacial score (nSPS) is 10.3. The van der Waals surface area contributed by atoms with Gasteiger partial charge in [-0.25, -0.2) is 4.39 Å². The maximum absolute atomic E-state index is 13.4. The van der Waals surface area contributed by atoms with Crippen molar-refractivity contribution in [2.45, 2.75) is 0 Å². The zero-order chi connectivity index (χ0) is 17.7. The largest absolute Gasteiger partial charge is 0.350 e. The fraction of sp³-hybridized carbons (Fsp3) is 0.125. The number of hydrogen-bond donors (Lipinski definition) is 2. The zero-order valence-corrected chi connectivity index (χ0v) is 14.5. The Morgan fingerprint density at radius 1 is 0.875 bits per heavy atom. The molecule has 0 saturated heterocycles. The monoisotopic (exact) mass is 388 g/mol. The second kappa shape index (κ2) is 8.33. The zero-order valence-electron chi connectivity index (χ0n) is 12.2. The van der Waals surface area contributed by atoms with Gasteiger partial charge in [-0.3, -0.25) is 9.59 Å². The van der Waals surface area contributed by atoms with Crippen LogP contribution in [0.25, 0.3) is 0 Å². The van der Waals surface area contributed by atoms with Crippen LogP contribution in [0.5, 0.6) is 0 Å². The molecule has 0 bridgehead atoms. The van der Waals surface area contributed by atoms with Crippen molar-refractivity contribution in [2.75, 3.05) is 13.1 Å². The van der Waals surface area contributed by atoms with Crippen LogP contribution in [-0.2, 0) is 0 Å². The van der Waals surface area contributed by atoms with E-state index in [1.807, 2.05) is 0 Å². The molecule has 24 heavy (non-hydrogen) atoms. The van der Waals surface area contributed by atoms with Crippen LogP contribution in [0.15, 0.2) is 36.4 Å². The van der Waals surface area contributed by atoms with Crippen LogP contribution in [0.3, 0.4) is 0 Å². The van der Waals surface area contributed by atoms with Crippen LogP contribution in [0, 0.1) is 5.82 Å². The first-order valence-electron chi connectivity index (χ1n) is 6.85. The highest BCUT2D eigenvalue weighted by Crippen LogP contribution is 2.24. The first-order valence-corrected chi connectivity index (χ1v) is 7.98. The van der Waals surface area contributed by atoms with E-state index in [1.54, 1.807) is 24.3 Å². The molecule has 0 fully saturated rings. The van der Waals surface area contributed by atoms with Crippen molar-refractivity contribution in [2.24, 2.45) is 0 Å². The quantitative estimate of drug-likeness (QED) is 0.601. The van der Waals surface area contributed by atoms with Gasteiger partial charge in [0.1, 0.15) is 5.82 Å². The summed E-state index contributed by atoms with van der Waals surface area (Å²) in [6.45, 7) is 0.347. The topological polar surface area (TPSA) is 58.2 Å². The van der Waals surface area contributed by atoms with Crippen LogP contribution in [0.1, 0.15) is 20.7 Å². The lowest BCUT2D eigenvalue weighted by molar-refractivity contribution is 0.0927. The Morgan fingerprint density at radius 3 is 2.08 bits per heavy atom. The summed E-state index contributed by atoms with van der Waals surface area (Å²) in [7, 11) is 0. The fourth-order valence-electron chi connectivity index (χ4n) is 1.85. The van der Waals surface area contributed by atoms with Gasteiger partial charge in [-0.2, -0.15) is 0 Å². The van der Waals surface area contributed by atoms with Gasteiger partial charge in [0.05, 0.1) is 15.6 Å². The fourth-order valence-corrected chi connectivity index (χ4v) is 2.44. The van der Waals surface area contributed by atoms with E-state index in [0.717, 1.165) is 12.1 Å². The van der Waals surface area contributed by atoms with E-state index in [9.17, 15) is 14.0 Å². The van der Waals surface area contributed by atoms with Gasteiger partial charge in [-0.1, -0.05) is 34.8 Å². The van der Waals surface area contributed by atoms with Crippen molar-refractivity contribution in [3.63, 3.8) is 0 Å². The molecule has 0 spiro atoms. The average molecular weight is 390 g/mol. The summed E-state index contributed by atoms with van der Waals surface area (Å²) in [4.78, 5) is 23.8. The number of hydrogen-bond acceptors (Lipinski definition) is 2. The highest BCUT2D eigenvalue weighted by Gasteiger charge is 2.14. The van der Waals surface area contributed by atoms with Gasteiger partial charge in [-0.05, 0) is 36.4 Å². The predicted molar refractivity (Wildman–Crippen MR) is 92.5 cm³/mol. The molecular weight excluding hydrogens is 378 g/mol. The van der Waals surface area contributed by atoms with E-state index in [4.69, 9.17) is 34.8 Å². The maximum Gasteiger partial charge on any atom is 0.252 e. The minimum absolute atomic E-state index is 0.0254. The Morgan fingerprint density at radius 2 is 1.46 bits per heavy atom. The highest BCUT2D eigenvalue weighted by molar-refractivity contribution is 6.36. The van der Waals surface area contributed by atoms with Crippen molar-refractivity contribution in [1.29, 1.82) is 0 Å². The molecule has 2 N–H and O–H groups in total. The summed E-state index contributed by atoms with van der Waals surface area (Å²) in [5.74, 6) is -1.59. The van der Waals surface area contributed by atoms with Crippen LogP contribution in [-0.4, -0.2) is 24.9 Å². The first-order chi connectivity index (χ1) is 11.4. The van der Waals surface area contributed by atoms with Gasteiger partial charge >= 0.3 is 0 Å². The molecule has 0 unspecified atom stereocenters. The molecular formula is C16H12Cl3FN2O2. The second-order valence-electron chi connectivity index (χ2n) is 4.76. The molecule has 0 heterocycles. The van der Waals surface area contributed by atoms with Gasteiger partial charge in [0.25, 0.3) is 11.8 Å². The Labute approximate surface area is 152 Å². The first kappa shape index (κ1) is 18.5. The predicted octanol–water partition coefficient (Wildman–Crippen LogP) is 3.95. The van der Waals surface area contributed by atoms with E-state index >= 15 is 0 Å².